The lowest BCUT2D eigenvalue weighted by molar-refractivity contribution is 0.279. The zero-order valence-corrected chi connectivity index (χ0v) is 12.0. The molecule has 2 aromatic rings. The Kier molecular flexibility index (Phi) is 4.34. The van der Waals surface area contributed by atoms with E-state index >= 15 is 0 Å². The Morgan fingerprint density at radius 2 is 2.05 bits per heavy atom. The van der Waals surface area contributed by atoms with Crippen molar-refractivity contribution < 1.29 is 10.2 Å². The van der Waals surface area contributed by atoms with Gasteiger partial charge in [-0.15, -0.1) is 0 Å². The number of anilines is 1. The van der Waals surface area contributed by atoms with Crippen LogP contribution in [0.2, 0.25) is 0 Å². The highest BCUT2D eigenvalue weighted by atomic mass is 79.9. The number of rotatable bonds is 4. The third-order valence-electron chi connectivity index (χ3n) is 2.80. The maximum Gasteiger partial charge on any atom is 0.142 e. The summed E-state index contributed by atoms with van der Waals surface area (Å²) >= 11 is 3.27. The minimum atomic E-state index is -0.156. The van der Waals surface area contributed by atoms with Crippen molar-refractivity contribution in [2.75, 3.05) is 5.32 Å². The Hall–Kier alpha value is -1.66. The maximum absolute atomic E-state index is 9.99. The number of aryl methyl sites for hydroxylation is 1. The first kappa shape index (κ1) is 13.8. The van der Waals surface area contributed by atoms with Gasteiger partial charge in [-0.25, -0.2) is 4.98 Å². The predicted octanol–water partition coefficient (Wildman–Crippen LogP) is 2.36. The highest BCUT2D eigenvalue weighted by Crippen LogP contribution is 2.24. The molecular weight excluding hydrogens is 310 g/mol. The molecule has 0 atom stereocenters. The molecule has 6 heteroatoms. The molecule has 5 nitrogen and oxygen atoms in total. The van der Waals surface area contributed by atoms with Gasteiger partial charge in [0.25, 0.3) is 0 Å². The van der Waals surface area contributed by atoms with Gasteiger partial charge in [0.2, 0.25) is 0 Å². The minimum Gasteiger partial charge on any atom is -0.506 e. The molecule has 0 spiro atoms. The van der Waals surface area contributed by atoms with Crippen LogP contribution < -0.4 is 5.32 Å². The summed E-state index contributed by atoms with van der Waals surface area (Å²) in [7, 11) is 0. The Bertz CT molecular complexity index is 573. The summed E-state index contributed by atoms with van der Waals surface area (Å²) in [5.41, 5.74) is 2.64. The van der Waals surface area contributed by atoms with Crippen molar-refractivity contribution in [3.8, 4) is 5.75 Å². The summed E-state index contributed by atoms with van der Waals surface area (Å²) < 4.78 is 0.761. The molecule has 2 aromatic heterocycles. The summed E-state index contributed by atoms with van der Waals surface area (Å²) in [5, 5.41) is 22.4. The third-order valence-corrected chi connectivity index (χ3v) is 3.27. The third kappa shape index (κ3) is 3.21. The Balaban J connectivity index is 2.19. The lowest BCUT2D eigenvalue weighted by Gasteiger charge is -2.12. The van der Waals surface area contributed by atoms with Gasteiger partial charge in [-0.1, -0.05) is 0 Å². The van der Waals surface area contributed by atoms with E-state index in [9.17, 15) is 10.2 Å². The molecule has 0 fully saturated rings. The smallest absolute Gasteiger partial charge is 0.142 e. The molecule has 0 bridgehead atoms. The number of nitrogens with zero attached hydrogens (tertiary/aromatic N) is 2. The first-order valence-corrected chi connectivity index (χ1v) is 6.53. The van der Waals surface area contributed by atoms with Crippen LogP contribution in [-0.4, -0.2) is 20.2 Å². The number of halogens is 1. The number of hydrogen-bond donors (Lipinski definition) is 3. The summed E-state index contributed by atoms with van der Waals surface area (Å²) in [4.78, 5) is 8.12. The average Bonchev–Trinajstić information content (AvgIpc) is 2.42. The van der Waals surface area contributed by atoms with Crippen molar-refractivity contribution in [2.45, 2.75) is 20.1 Å². The number of aliphatic hydroxyl groups excluding tert-OH is 1. The van der Waals surface area contributed by atoms with E-state index in [0.717, 1.165) is 10.3 Å². The molecule has 0 aliphatic carbocycles. The second-order valence-corrected chi connectivity index (χ2v) is 4.89. The standard InChI is InChI=1S/C13H14BrN3O2/c1-8-13(19)11(9(7-18)4-15-8)6-16-10-2-3-12(14)17-5-10/h2-5,16,18-19H,6-7H2,1H3. The first-order chi connectivity index (χ1) is 9.11. The molecule has 0 amide bonds. The van der Waals surface area contributed by atoms with Crippen molar-refractivity contribution >= 4 is 21.6 Å². The molecule has 3 N–H and O–H groups in total. The molecule has 19 heavy (non-hydrogen) atoms. The van der Waals surface area contributed by atoms with Gasteiger partial charge in [-0.3, -0.25) is 4.98 Å². The lowest BCUT2D eigenvalue weighted by Crippen LogP contribution is -2.05. The van der Waals surface area contributed by atoms with E-state index in [2.05, 4.69) is 31.2 Å². The Morgan fingerprint density at radius 3 is 2.68 bits per heavy atom. The van der Waals surface area contributed by atoms with Crippen LogP contribution in [0.1, 0.15) is 16.8 Å². The molecule has 0 aliphatic rings. The van der Waals surface area contributed by atoms with Gasteiger partial charge in [-0.05, 0) is 35.0 Å². The molecule has 0 unspecified atom stereocenters. The largest absolute Gasteiger partial charge is 0.506 e. The lowest BCUT2D eigenvalue weighted by atomic mass is 10.1. The van der Waals surface area contributed by atoms with E-state index in [-0.39, 0.29) is 12.4 Å². The van der Waals surface area contributed by atoms with E-state index in [0.29, 0.717) is 23.4 Å². The summed E-state index contributed by atoms with van der Waals surface area (Å²) in [6, 6.07) is 3.70. The van der Waals surface area contributed by atoms with Crippen LogP contribution in [0.25, 0.3) is 0 Å². The van der Waals surface area contributed by atoms with Crippen LogP contribution in [0, 0.1) is 6.92 Å². The molecule has 2 heterocycles. The minimum absolute atomic E-state index is 0.115. The summed E-state index contributed by atoms with van der Waals surface area (Å²) in [6.07, 6.45) is 3.26. The van der Waals surface area contributed by atoms with E-state index in [1.807, 2.05) is 12.1 Å². The number of aliphatic hydroxyl groups is 1. The zero-order chi connectivity index (χ0) is 13.8. The van der Waals surface area contributed by atoms with Crippen molar-refractivity contribution in [3.63, 3.8) is 0 Å². The number of hydrogen-bond acceptors (Lipinski definition) is 5. The van der Waals surface area contributed by atoms with Crippen LogP contribution in [0.5, 0.6) is 5.75 Å². The number of pyridine rings is 2. The Morgan fingerprint density at radius 1 is 1.26 bits per heavy atom. The Labute approximate surface area is 119 Å². The van der Waals surface area contributed by atoms with Crippen molar-refractivity contribution in [1.82, 2.24) is 9.97 Å². The van der Waals surface area contributed by atoms with E-state index in [1.165, 1.54) is 0 Å². The maximum atomic E-state index is 9.99. The monoisotopic (exact) mass is 323 g/mol. The summed E-state index contributed by atoms with van der Waals surface area (Å²) in [6.45, 7) is 1.96. The van der Waals surface area contributed by atoms with Crippen LogP contribution in [0.15, 0.2) is 29.1 Å². The van der Waals surface area contributed by atoms with Crippen LogP contribution in [-0.2, 0) is 13.2 Å². The van der Waals surface area contributed by atoms with Gasteiger partial charge >= 0.3 is 0 Å². The second kappa shape index (κ2) is 5.99. The molecule has 0 saturated carbocycles. The average molecular weight is 324 g/mol. The highest BCUT2D eigenvalue weighted by Gasteiger charge is 2.11. The molecule has 0 saturated heterocycles. The highest BCUT2D eigenvalue weighted by molar-refractivity contribution is 9.10. The van der Waals surface area contributed by atoms with Crippen molar-refractivity contribution in [1.29, 1.82) is 0 Å². The van der Waals surface area contributed by atoms with Crippen molar-refractivity contribution in [2.24, 2.45) is 0 Å². The fourth-order valence-electron chi connectivity index (χ4n) is 1.69. The van der Waals surface area contributed by atoms with Gasteiger partial charge in [-0.2, -0.15) is 0 Å². The van der Waals surface area contributed by atoms with Crippen LogP contribution in [0.4, 0.5) is 5.69 Å². The van der Waals surface area contributed by atoms with Crippen LogP contribution >= 0.6 is 15.9 Å². The van der Waals surface area contributed by atoms with Gasteiger partial charge < -0.3 is 15.5 Å². The zero-order valence-electron chi connectivity index (χ0n) is 10.4. The quantitative estimate of drug-likeness (QED) is 0.753. The molecule has 100 valence electrons. The molecule has 0 aromatic carbocycles. The van der Waals surface area contributed by atoms with Gasteiger partial charge in [0.05, 0.1) is 24.2 Å². The predicted molar refractivity (Wildman–Crippen MR) is 75.8 cm³/mol. The van der Waals surface area contributed by atoms with E-state index in [4.69, 9.17) is 0 Å². The SMILES string of the molecule is Cc1ncc(CO)c(CNc2ccc(Br)nc2)c1O. The molecular formula is C13H14BrN3O2. The number of aromatic hydroxyl groups is 1. The van der Waals surface area contributed by atoms with Crippen LogP contribution in [0.3, 0.4) is 0 Å². The van der Waals surface area contributed by atoms with E-state index < -0.39 is 0 Å². The summed E-state index contributed by atoms with van der Waals surface area (Å²) in [5.74, 6) is 0.115. The molecule has 0 radical (unpaired) electrons. The fraction of sp³-hybridized carbons (Fsp3) is 0.231. The topological polar surface area (TPSA) is 78.3 Å². The number of aromatic nitrogens is 2. The van der Waals surface area contributed by atoms with Crippen molar-refractivity contribution in [3.05, 3.63) is 46.0 Å². The van der Waals surface area contributed by atoms with Gasteiger partial charge in [0.1, 0.15) is 10.4 Å². The van der Waals surface area contributed by atoms with Gasteiger partial charge in [0.15, 0.2) is 0 Å². The van der Waals surface area contributed by atoms with E-state index in [1.54, 1.807) is 19.3 Å². The van der Waals surface area contributed by atoms with Gasteiger partial charge in [0, 0.05) is 23.9 Å². The second-order valence-electron chi connectivity index (χ2n) is 4.08. The molecule has 0 aliphatic heterocycles. The number of nitrogens with one attached hydrogen (secondary N) is 1. The normalized spacial score (nSPS) is 10.5. The molecule has 2 rings (SSSR count). The first-order valence-electron chi connectivity index (χ1n) is 5.74. The fourth-order valence-corrected chi connectivity index (χ4v) is 1.92.